The second-order valence-corrected chi connectivity index (χ2v) is 8.36. The summed E-state index contributed by atoms with van der Waals surface area (Å²) >= 11 is 0. The first-order valence-electron chi connectivity index (χ1n) is 11.3. The maximum atomic E-state index is 13.1. The number of fused-ring (bicyclic) bond motifs is 1. The topological polar surface area (TPSA) is 105 Å². The van der Waals surface area contributed by atoms with Gasteiger partial charge < -0.3 is 26.1 Å². The van der Waals surface area contributed by atoms with Crippen molar-refractivity contribution in [1.82, 2.24) is 31.3 Å². The molecule has 9 heteroatoms. The van der Waals surface area contributed by atoms with Crippen LogP contribution in [0.2, 0.25) is 0 Å². The monoisotopic (exact) mass is 447 g/mol. The van der Waals surface area contributed by atoms with E-state index in [4.69, 9.17) is 10.1 Å². The number of allylic oxidation sites excluding steroid dienone is 2. The molecule has 5 N–H and O–H groups in total. The van der Waals surface area contributed by atoms with Crippen LogP contribution in [0.25, 0.3) is 0 Å². The summed E-state index contributed by atoms with van der Waals surface area (Å²) in [6.07, 6.45) is 13.0. The number of ether oxygens (including phenoxy) is 1. The fourth-order valence-electron chi connectivity index (χ4n) is 4.45. The number of carbonyl (C=O) groups excluding carboxylic acids is 1. The number of carbonyl (C=O) groups is 1. The Balaban J connectivity index is 1.21. The number of hydrogen-bond donors (Lipinski definition) is 5. The Hall–Kier alpha value is -3.40. The first-order valence-corrected chi connectivity index (χ1v) is 11.3. The van der Waals surface area contributed by atoms with Crippen LogP contribution in [-0.2, 0) is 9.53 Å². The molecule has 0 bridgehead atoms. The molecule has 4 aliphatic heterocycles. The lowest BCUT2D eigenvalue weighted by atomic mass is 10.00. The van der Waals surface area contributed by atoms with Crippen molar-refractivity contribution >= 4 is 12.1 Å². The molecule has 5 rings (SSSR count). The molecular weight excluding hydrogens is 418 g/mol. The third-order valence-electron chi connectivity index (χ3n) is 6.17. The summed E-state index contributed by atoms with van der Waals surface area (Å²) in [7, 11) is 0. The van der Waals surface area contributed by atoms with Gasteiger partial charge in [-0.15, -0.1) is 0 Å². The van der Waals surface area contributed by atoms with Crippen LogP contribution in [0.5, 0.6) is 0 Å². The zero-order valence-corrected chi connectivity index (χ0v) is 18.3. The van der Waals surface area contributed by atoms with Crippen LogP contribution in [-0.4, -0.2) is 67.1 Å². The molecule has 0 radical (unpaired) electrons. The van der Waals surface area contributed by atoms with Crippen molar-refractivity contribution in [3.63, 3.8) is 0 Å². The number of benzene rings is 1. The smallest absolute Gasteiger partial charge is 0.276 e. The largest absolute Gasteiger partial charge is 0.379 e. The Labute approximate surface area is 193 Å². The average Bonchev–Trinajstić information content (AvgIpc) is 3.28. The summed E-state index contributed by atoms with van der Waals surface area (Å²) in [5.74, 6) is 0.481. The molecule has 3 atom stereocenters. The number of nitrogens with one attached hydrogen (secondary N) is 5. The van der Waals surface area contributed by atoms with E-state index in [0.717, 1.165) is 44.0 Å². The van der Waals surface area contributed by atoms with Crippen molar-refractivity contribution in [2.24, 2.45) is 0 Å². The Bertz CT molecular complexity index is 1030. The Kier molecular flexibility index (Phi) is 6.25. The number of hydrogen-bond acceptors (Lipinski definition) is 8. The lowest BCUT2D eigenvalue weighted by Gasteiger charge is -2.35. The van der Waals surface area contributed by atoms with Crippen molar-refractivity contribution < 1.29 is 9.53 Å². The second kappa shape index (κ2) is 9.62. The quantitative estimate of drug-likeness (QED) is 0.323. The van der Waals surface area contributed by atoms with Gasteiger partial charge >= 0.3 is 0 Å². The molecular formula is C24H29N7O2. The molecule has 1 aromatic carbocycles. The first kappa shape index (κ1) is 21.4. The fourth-order valence-corrected chi connectivity index (χ4v) is 4.45. The molecule has 172 valence electrons. The van der Waals surface area contributed by atoms with Gasteiger partial charge in [0.05, 0.1) is 25.3 Å². The Morgan fingerprint density at radius 2 is 2.06 bits per heavy atom. The Morgan fingerprint density at radius 1 is 1.21 bits per heavy atom. The summed E-state index contributed by atoms with van der Waals surface area (Å²) in [6, 6.07) is 7.78. The van der Waals surface area contributed by atoms with Gasteiger partial charge in [-0.05, 0) is 23.3 Å². The van der Waals surface area contributed by atoms with E-state index in [1.807, 2.05) is 47.5 Å². The number of rotatable bonds is 6. The minimum Gasteiger partial charge on any atom is -0.379 e. The van der Waals surface area contributed by atoms with Crippen LogP contribution in [0.3, 0.4) is 0 Å². The summed E-state index contributed by atoms with van der Waals surface area (Å²) in [4.78, 5) is 15.5. The van der Waals surface area contributed by atoms with Gasteiger partial charge in [-0.1, -0.05) is 42.5 Å². The number of amides is 1. The van der Waals surface area contributed by atoms with Gasteiger partial charge in [0.25, 0.3) is 5.91 Å². The van der Waals surface area contributed by atoms with E-state index in [0.29, 0.717) is 11.5 Å². The predicted molar refractivity (Wildman–Crippen MR) is 126 cm³/mol. The minimum atomic E-state index is -0.203. The van der Waals surface area contributed by atoms with E-state index < -0.39 is 0 Å². The van der Waals surface area contributed by atoms with E-state index in [1.165, 1.54) is 6.21 Å². The molecule has 9 nitrogen and oxygen atoms in total. The van der Waals surface area contributed by atoms with Crippen LogP contribution in [0.4, 0.5) is 0 Å². The molecule has 0 saturated carbocycles. The summed E-state index contributed by atoms with van der Waals surface area (Å²) < 4.78 is 5.42. The van der Waals surface area contributed by atoms with Gasteiger partial charge in [-0.25, -0.2) is 5.43 Å². The van der Waals surface area contributed by atoms with Gasteiger partial charge in [0.2, 0.25) is 0 Å². The zero-order valence-electron chi connectivity index (χ0n) is 18.3. The van der Waals surface area contributed by atoms with Gasteiger partial charge in [-0.3, -0.25) is 14.7 Å². The standard InChI is InChI=1S/C24H29N7O2/c25-14-17-4-1-2-6-19(17)20-8-9-23-26-15-21(31(23)29-20)24(32)28-22-7-3-5-18(27-22)16-30-10-12-33-13-11-30/h1-9,14-15,18,20,23,25-27,29H,10-13,16H2,(H,28,32). The number of nitrogens with zero attached hydrogens (tertiary/aromatic N) is 2. The van der Waals surface area contributed by atoms with Crippen LogP contribution in [0, 0.1) is 5.41 Å². The fraction of sp³-hybridized carbons (Fsp3) is 0.333. The highest BCUT2D eigenvalue weighted by Crippen LogP contribution is 2.26. The second-order valence-electron chi connectivity index (χ2n) is 8.36. The third kappa shape index (κ3) is 4.70. The normalized spacial score (nSPS) is 26.5. The van der Waals surface area contributed by atoms with E-state index >= 15 is 0 Å². The van der Waals surface area contributed by atoms with E-state index in [9.17, 15) is 4.79 Å². The SMILES string of the molecule is N=Cc1ccccc1C1C=CC2NC=C(C(=O)NC3=CC=CC(CN4CCOCC4)N3)N2N1. The lowest BCUT2D eigenvalue weighted by Crippen LogP contribution is -2.52. The number of dihydropyridines is 1. The molecule has 0 aromatic heterocycles. The molecule has 1 aromatic rings. The van der Waals surface area contributed by atoms with Crippen molar-refractivity contribution in [2.75, 3.05) is 32.8 Å². The molecule has 4 aliphatic rings. The third-order valence-corrected chi connectivity index (χ3v) is 6.17. The van der Waals surface area contributed by atoms with Crippen molar-refractivity contribution in [3.8, 4) is 0 Å². The number of hydrazine groups is 1. The van der Waals surface area contributed by atoms with Crippen LogP contribution in [0.1, 0.15) is 17.2 Å². The highest BCUT2D eigenvalue weighted by molar-refractivity contribution is 5.94. The van der Waals surface area contributed by atoms with E-state index in [2.05, 4.69) is 38.4 Å². The molecule has 3 unspecified atom stereocenters. The lowest BCUT2D eigenvalue weighted by molar-refractivity contribution is -0.119. The molecule has 4 heterocycles. The highest BCUT2D eigenvalue weighted by atomic mass is 16.5. The molecule has 0 spiro atoms. The van der Waals surface area contributed by atoms with Crippen molar-refractivity contribution in [3.05, 3.63) is 83.5 Å². The highest BCUT2D eigenvalue weighted by Gasteiger charge is 2.34. The summed E-state index contributed by atoms with van der Waals surface area (Å²) in [6.45, 7) is 4.25. The zero-order chi connectivity index (χ0) is 22.6. The maximum absolute atomic E-state index is 13.1. The van der Waals surface area contributed by atoms with Gasteiger partial charge in [0.1, 0.15) is 17.7 Å². The molecule has 1 amide bonds. The molecule has 1 fully saturated rings. The van der Waals surface area contributed by atoms with Gasteiger partial charge in [-0.2, -0.15) is 0 Å². The van der Waals surface area contributed by atoms with Crippen LogP contribution in [0.15, 0.2) is 72.4 Å². The molecule has 0 aliphatic carbocycles. The van der Waals surface area contributed by atoms with E-state index in [1.54, 1.807) is 6.20 Å². The molecule has 1 saturated heterocycles. The minimum absolute atomic E-state index is 0.130. The maximum Gasteiger partial charge on any atom is 0.276 e. The Morgan fingerprint density at radius 3 is 2.91 bits per heavy atom. The molecule has 33 heavy (non-hydrogen) atoms. The van der Waals surface area contributed by atoms with E-state index in [-0.39, 0.29) is 24.2 Å². The summed E-state index contributed by atoms with van der Waals surface area (Å²) in [5.41, 5.74) is 5.75. The van der Waals surface area contributed by atoms with Crippen LogP contribution < -0.4 is 21.4 Å². The van der Waals surface area contributed by atoms with Crippen molar-refractivity contribution in [2.45, 2.75) is 18.2 Å². The summed E-state index contributed by atoms with van der Waals surface area (Å²) in [5, 5.41) is 19.2. The van der Waals surface area contributed by atoms with Crippen molar-refractivity contribution in [1.29, 1.82) is 5.41 Å². The average molecular weight is 448 g/mol. The van der Waals surface area contributed by atoms with Crippen LogP contribution >= 0.6 is 0 Å². The van der Waals surface area contributed by atoms with Gasteiger partial charge in [0.15, 0.2) is 0 Å². The van der Waals surface area contributed by atoms with Gasteiger partial charge in [0, 0.05) is 32.0 Å². The predicted octanol–water partition coefficient (Wildman–Crippen LogP) is 0.690. The number of morpholine rings is 1. The first-order chi connectivity index (χ1) is 16.2.